The van der Waals surface area contributed by atoms with Gasteiger partial charge in [0.15, 0.2) is 0 Å². The molecule has 0 bridgehead atoms. The van der Waals surface area contributed by atoms with Crippen molar-refractivity contribution >= 4 is 16.7 Å². The minimum Gasteiger partial charge on any atom is -0.352 e. The SMILES string of the molecule is Cc1ccc(CNC(=O)[C@@H]2C[C@H](CN3CCN(C)CC3)CN(Cc3ccc4ccccc4c3)C2)cc1. The lowest BCUT2D eigenvalue weighted by Crippen LogP contribution is -2.51. The first kappa shape index (κ1) is 24.9. The second kappa shape index (κ2) is 11.5. The van der Waals surface area contributed by atoms with E-state index in [4.69, 9.17) is 0 Å². The first-order valence-corrected chi connectivity index (χ1v) is 13.5. The second-order valence-electron chi connectivity index (χ2n) is 11.0. The third kappa shape index (κ3) is 6.52. The van der Waals surface area contributed by atoms with Gasteiger partial charge >= 0.3 is 0 Å². The number of likely N-dealkylation sites (tertiary alicyclic amines) is 1. The van der Waals surface area contributed by atoms with Gasteiger partial charge in [-0.1, -0.05) is 66.2 Å². The van der Waals surface area contributed by atoms with Crippen LogP contribution in [0.3, 0.4) is 0 Å². The molecule has 36 heavy (non-hydrogen) atoms. The number of rotatable bonds is 7. The maximum atomic E-state index is 13.3. The normalized spacial score (nSPS) is 22.1. The molecular weight excluding hydrogens is 444 g/mol. The van der Waals surface area contributed by atoms with Crippen molar-refractivity contribution in [2.45, 2.75) is 26.4 Å². The number of carbonyl (C=O) groups is 1. The van der Waals surface area contributed by atoms with Gasteiger partial charge in [-0.15, -0.1) is 0 Å². The second-order valence-corrected chi connectivity index (χ2v) is 11.0. The summed E-state index contributed by atoms with van der Waals surface area (Å²) in [6, 6.07) is 23.8. The number of aryl methyl sites for hydroxylation is 1. The van der Waals surface area contributed by atoms with Crippen LogP contribution in [0.4, 0.5) is 0 Å². The minimum atomic E-state index is 0.0297. The lowest BCUT2D eigenvalue weighted by molar-refractivity contribution is -0.128. The summed E-state index contributed by atoms with van der Waals surface area (Å²) in [5, 5.41) is 5.81. The van der Waals surface area contributed by atoms with Crippen LogP contribution < -0.4 is 5.32 Å². The molecule has 0 aliphatic carbocycles. The van der Waals surface area contributed by atoms with E-state index < -0.39 is 0 Å². The van der Waals surface area contributed by atoms with Crippen LogP contribution in [0.1, 0.15) is 23.1 Å². The minimum absolute atomic E-state index is 0.0297. The third-order valence-electron chi connectivity index (χ3n) is 7.90. The Morgan fingerprint density at radius 2 is 1.58 bits per heavy atom. The fourth-order valence-electron chi connectivity index (χ4n) is 5.78. The van der Waals surface area contributed by atoms with Crippen LogP contribution in [0.25, 0.3) is 10.8 Å². The van der Waals surface area contributed by atoms with Crippen molar-refractivity contribution in [1.29, 1.82) is 0 Å². The van der Waals surface area contributed by atoms with Crippen LogP contribution in [0.15, 0.2) is 66.7 Å². The van der Waals surface area contributed by atoms with E-state index in [1.54, 1.807) is 0 Å². The van der Waals surface area contributed by atoms with Gasteiger partial charge < -0.3 is 15.1 Å². The molecule has 0 saturated carbocycles. The first-order chi connectivity index (χ1) is 17.5. The third-order valence-corrected chi connectivity index (χ3v) is 7.90. The van der Waals surface area contributed by atoms with Gasteiger partial charge in [0.1, 0.15) is 0 Å². The smallest absolute Gasteiger partial charge is 0.224 e. The highest BCUT2D eigenvalue weighted by Gasteiger charge is 2.33. The predicted octanol–water partition coefficient (Wildman–Crippen LogP) is 4.15. The molecule has 5 heteroatoms. The van der Waals surface area contributed by atoms with Crippen LogP contribution in [-0.4, -0.2) is 73.5 Å². The van der Waals surface area contributed by atoms with Gasteiger partial charge in [-0.3, -0.25) is 9.69 Å². The number of amides is 1. The molecule has 5 rings (SSSR count). The van der Waals surface area contributed by atoms with Crippen LogP contribution >= 0.6 is 0 Å². The van der Waals surface area contributed by atoms with Gasteiger partial charge in [0.05, 0.1) is 5.92 Å². The van der Waals surface area contributed by atoms with Crippen molar-refractivity contribution in [1.82, 2.24) is 20.0 Å². The van der Waals surface area contributed by atoms with Crippen molar-refractivity contribution in [3.05, 3.63) is 83.4 Å². The van der Waals surface area contributed by atoms with Gasteiger partial charge in [0, 0.05) is 58.9 Å². The summed E-state index contributed by atoms with van der Waals surface area (Å²) in [5.41, 5.74) is 3.73. The highest BCUT2D eigenvalue weighted by molar-refractivity contribution is 5.83. The molecule has 0 spiro atoms. The number of nitrogens with one attached hydrogen (secondary N) is 1. The maximum Gasteiger partial charge on any atom is 0.224 e. The molecule has 0 unspecified atom stereocenters. The number of carbonyl (C=O) groups excluding carboxylic acids is 1. The van der Waals surface area contributed by atoms with Crippen molar-refractivity contribution in [2.24, 2.45) is 11.8 Å². The number of likely N-dealkylation sites (N-methyl/N-ethyl adjacent to an activating group) is 1. The molecule has 2 saturated heterocycles. The standard InChI is InChI=1S/C31H40N4O/c1-24-7-9-25(10-8-24)19-32-31(36)30-18-27(21-34-15-13-33(2)14-16-34)22-35(23-30)20-26-11-12-28-5-3-4-6-29(28)17-26/h3-12,17,27,30H,13-16,18-23H2,1-2H3,(H,32,36)/t27-,30-/m1/s1. The Hall–Kier alpha value is -2.73. The zero-order chi connectivity index (χ0) is 24.9. The molecule has 2 aliphatic heterocycles. The summed E-state index contributed by atoms with van der Waals surface area (Å²) in [7, 11) is 2.21. The van der Waals surface area contributed by atoms with E-state index in [0.29, 0.717) is 12.5 Å². The molecule has 2 heterocycles. The summed E-state index contributed by atoms with van der Waals surface area (Å²) in [4.78, 5) is 20.9. The van der Waals surface area contributed by atoms with Gasteiger partial charge in [-0.2, -0.15) is 0 Å². The van der Waals surface area contributed by atoms with E-state index in [0.717, 1.165) is 64.3 Å². The van der Waals surface area contributed by atoms with E-state index in [2.05, 4.69) is 101 Å². The molecule has 2 atom stereocenters. The zero-order valence-corrected chi connectivity index (χ0v) is 21.8. The molecule has 0 radical (unpaired) electrons. The predicted molar refractivity (Wildman–Crippen MR) is 148 cm³/mol. The number of fused-ring (bicyclic) bond motifs is 1. The fraction of sp³-hybridized carbons (Fsp3) is 0.452. The maximum absolute atomic E-state index is 13.3. The number of hydrogen-bond donors (Lipinski definition) is 1. The fourth-order valence-corrected chi connectivity index (χ4v) is 5.78. The van der Waals surface area contributed by atoms with E-state index in [1.165, 1.54) is 21.9 Å². The van der Waals surface area contributed by atoms with Crippen LogP contribution in [-0.2, 0) is 17.9 Å². The number of hydrogen-bond acceptors (Lipinski definition) is 4. The van der Waals surface area contributed by atoms with E-state index in [9.17, 15) is 4.79 Å². The van der Waals surface area contributed by atoms with Crippen LogP contribution in [0.2, 0.25) is 0 Å². The topological polar surface area (TPSA) is 38.8 Å². The highest BCUT2D eigenvalue weighted by Crippen LogP contribution is 2.26. The molecule has 3 aromatic rings. The number of piperidine rings is 1. The monoisotopic (exact) mass is 484 g/mol. The van der Waals surface area contributed by atoms with Gasteiger partial charge in [0.2, 0.25) is 5.91 Å². The van der Waals surface area contributed by atoms with Gasteiger partial charge in [-0.25, -0.2) is 0 Å². The first-order valence-electron chi connectivity index (χ1n) is 13.5. The summed E-state index contributed by atoms with van der Waals surface area (Å²) in [6.45, 7) is 11.1. The van der Waals surface area contributed by atoms with Crippen LogP contribution in [0.5, 0.6) is 0 Å². The molecular formula is C31H40N4O. The Labute approximate surface area is 216 Å². The van der Waals surface area contributed by atoms with E-state index in [1.807, 2.05) is 0 Å². The Balaban J connectivity index is 1.26. The molecule has 190 valence electrons. The van der Waals surface area contributed by atoms with Gasteiger partial charge in [-0.05, 0) is 54.3 Å². The van der Waals surface area contributed by atoms with Crippen molar-refractivity contribution < 1.29 is 4.79 Å². The largest absolute Gasteiger partial charge is 0.352 e. The molecule has 1 amide bonds. The van der Waals surface area contributed by atoms with Gasteiger partial charge in [0.25, 0.3) is 0 Å². The highest BCUT2D eigenvalue weighted by atomic mass is 16.1. The number of piperazine rings is 1. The van der Waals surface area contributed by atoms with Crippen molar-refractivity contribution in [3.8, 4) is 0 Å². The molecule has 3 aromatic carbocycles. The molecule has 2 fully saturated rings. The van der Waals surface area contributed by atoms with E-state index in [-0.39, 0.29) is 11.8 Å². The van der Waals surface area contributed by atoms with Crippen molar-refractivity contribution in [2.75, 3.05) is 52.9 Å². The average Bonchev–Trinajstić information content (AvgIpc) is 2.89. The average molecular weight is 485 g/mol. The molecule has 0 aromatic heterocycles. The van der Waals surface area contributed by atoms with Crippen LogP contribution in [0, 0.1) is 18.8 Å². The zero-order valence-electron chi connectivity index (χ0n) is 21.8. The number of benzene rings is 3. The Bertz CT molecular complexity index is 1150. The van der Waals surface area contributed by atoms with Crippen molar-refractivity contribution in [3.63, 3.8) is 0 Å². The summed E-state index contributed by atoms with van der Waals surface area (Å²) in [5.74, 6) is 0.738. The summed E-state index contributed by atoms with van der Waals surface area (Å²) < 4.78 is 0. The Morgan fingerprint density at radius 3 is 2.36 bits per heavy atom. The number of nitrogens with zero attached hydrogens (tertiary/aromatic N) is 3. The molecule has 5 nitrogen and oxygen atoms in total. The Morgan fingerprint density at radius 1 is 0.861 bits per heavy atom. The Kier molecular flexibility index (Phi) is 8.00. The molecule has 1 N–H and O–H groups in total. The summed E-state index contributed by atoms with van der Waals surface area (Å²) in [6.07, 6.45) is 0.973. The lowest BCUT2D eigenvalue weighted by Gasteiger charge is -2.41. The quantitative estimate of drug-likeness (QED) is 0.547. The van der Waals surface area contributed by atoms with E-state index >= 15 is 0 Å². The summed E-state index contributed by atoms with van der Waals surface area (Å²) >= 11 is 0. The lowest BCUT2D eigenvalue weighted by atomic mass is 9.87. The molecule has 2 aliphatic rings.